The fourth-order valence-electron chi connectivity index (χ4n) is 13.4. The minimum atomic E-state index is -0.169. The maximum absolute atomic E-state index is 11.2. The summed E-state index contributed by atoms with van der Waals surface area (Å²) >= 11 is 16.2. The van der Waals surface area contributed by atoms with Gasteiger partial charge in [-0.3, -0.25) is 14.4 Å². The summed E-state index contributed by atoms with van der Waals surface area (Å²) in [5, 5.41) is 16.3. The van der Waals surface area contributed by atoms with Crippen LogP contribution in [0.5, 0.6) is 0 Å². The Morgan fingerprint density at radius 3 is 0.894 bits per heavy atom. The molecule has 1 fully saturated rings. The van der Waals surface area contributed by atoms with Gasteiger partial charge in [-0.05, 0) is 211 Å². The molecule has 3 aromatic rings. The predicted octanol–water partition coefficient (Wildman–Crippen LogP) is 33.5. The van der Waals surface area contributed by atoms with Crippen LogP contribution in [0, 0.1) is 17.6 Å². The Labute approximate surface area is 785 Å². The first-order chi connectivity index (χ1) is 55.2. The zero-order valence-corrected chi connectivity index (χ0v) is 90.2. The summed E-state index contributed by atoms with van der Waals surface area (Å²) in [5.41, 5.74) is 4.37. The molecule has 2 N–H and O–H groups in total. The second kappa shape index (κ2) is 104. The zero-order chi connectivity index (χ0) is 84.0. The molecular weight excluding hydrogens is 2100 g/mol. The van der Waals surface area contributed by atoms with Gasteiger partial charge in [0.15, 0.2) is 0 Å². The van der Waals surface area contributed by atoms with Crippen molar-refractivity contribution in [2.24, 2.45) is 0 Å². The van der Waals surface area contributed by atoms with Crippen molar-refractivity contribution in [2.75, 3.05) is 30.9 Å². The molecule has 8 nitrogen and oxygen atoms in total. The van der Waals surface area contributed by atoms with E-state index in [0.717, 1.165) is 44.9 Å². The fourth-order valence-corrected chi connectivity index (χ4v) is 15.0. The Kier molecular flexibility index (Phi) is 110. The Hall–Kier alpha value is 0.960. The normalized spacial score (nSPS) is 11.8. The fraction of sp³-hybridized carbons (Fsp3) is 0.773. The van der Waals surface area contributed by atoms with E-state index in [0.29, 0.717) is 39.1 Å². The van der Waals surface area contributed by atoms with Crippen LogP contribution in [0.4, 0.5) is 0 Å². The number of cyclic esters (lactones) is 1. The van der Waals surface area contributed by atoms with Gasteiger partial charge in [0.2, 0.25) is 0 Å². The summed E-state index contributed by atoms with van der Waals surface area (Å²) in [4.78, 5) is 33.3. The van der Waals surface area contributed by atoms with Crippen molar-refractivity contribution >= 4 is 150 Å². The van der Waals surface area contributed by atoms with E-state index in [-0.39, 0.29) is 36.9 Å². The van der Waals surface area contributed by atoms with Crippen molar-refractivity contribution in [3.63, 3.8) is 0 Å². The predicted molar refractivity (Wildman–Crippen MR) is 540 cm³/mol. The maximum atomic E-state index is 11.2. The summed E-state index contributed by atoms with van der Waals surface area (Å²) in [6.45, 7) is 17.7. The van der Waals surface area contributed by atoms with Gasteiger partial charge < -0.3 is 31.3 Å². The molecule has 0 amide bonds. The van der Waals surface area contributed by atoms with E-state index < -0.39 is 0 Å². The number of carbonyl (C=O) groups excluding carboxylic acids is 3. The molecule has 1 atom stereocenters. The summed E-state index contributed by atoms with van der Waals surface area (Å²) < 4.78 is 20.3. The van der Waals surface area contributed by atoms with Crippen LogP contribution in [0.2, 0.25) is 13.1 Å². The number of unbranched alkanes of at least 4 members (excludes halogenated alkanes) is 50. The van der Waals surface area contributed by atoms with E-state index in [9.17, 15) is 14.4 Å². The number of aliphatic hydroxyl groups is 2. The Morgan fingerprint density at radius 2 is 0.655 bits per heavy atom. The van der Waals surface area contributed by atoms with Crippen LogP contribution in [0.3, 0.4) is 0 Å². The molecular formula is C97H172BrI5O8SiZn. The molecule has 113 heavy (non-hydrogen) atoms. The van der Waals surface area contributed by atoms with E-state index in [2.05, 4.69) is 226 Å². The molecule has 1 unspecified atom stereocenters. The second-order valence-electron chi connectivity index (χ2n) is 31.0. The van der Waals surface area contributed by atoms with Crippen molar-refractivity contribution in [3.8, 4) is 0 Å². The summed E-state index contributed by atoms with van der Waals surface area (Å²) in [5.74, 6) is -0.0578. The van der Waals surface area contributed by atoms with Gasteiger partial charge >= 0.3 is 47.9 Å². The third-order valence-corrected chi connectivity index (χ3v) is 22.8. The molecule has 1 saturated heterocycles. The molecule has 0 bridgehead atoms. The molecule has 0 spiro atoms. The number of carbonyl (C=O) groups is 3. The van der Waals surface area contributed by atoms with Gasteiger partial charge in [-0.2, -0.15) is 6.42 Å². The van der Waals surface area contributed by atoms with E-state index >= 15 is 0 Å². The van der Waals surface area contributed by atoms with Crippen LogP contribution in [0.15, 0.2) is 72.8 Å². The van der Waals surface area contributed by atoms with Gasteiger partial charge in [0.25, 0.3) is 0 Å². The van der Waals surface area contributed by atoms with Crippen LogP contribution in [0.1, 0.15) is 430 Å². The van der Waals surface area contributed by atoms with Crippen molar-refractivity contribution in [3.05, 3.63) is 107 Å². The Bertz CT molecular complexity index is 2330. The third-order valence-electron chi connectivity index (χ3n) is 19.9. The molecule has 1 aliphatic heterocycles. The number of aliphatic hydroxyl groups excluding tert-OH is 2. The monoisotopic (exact) mass is 2270 g/mol. The molecule has 656 valence electrons. The first-order valence-electron chi connectivity index (χ1n) is 46.4. The summed E-state index contributed by atoms with van der Waals surface area (Å²) in [6.07, 6.45) is 81.7. The molecule has 0 aliphatic carbocycles. The Balaban J connectivity index is -0.000000656. The zero-order valence-electron chi connectivity index (χ0n) is 73.7. The van der Waals surface area contributed by atoms with Crippen molar-refractivity contribution in [1.82, 2.24) is 0 Å². The number of alkyl halides is 1. The number of hydrogen-bond acceptors (Lipinski definition) is 8. The van der Waals surface area contributed by atoms with E-state index in [1.165, 1.54) is 388 Å². The standard InChI is InChI=1S/C26H43IO2.C24H41IO.C18H35IO2.C16H30O2.C9H10I.C2H7ISi.C2H6O.BrH.Zn/c1-2-29-26(28)19-17-15-13-11-9-7-5-3-4-6-8-10-12-14-16-18-24-20-22-25(27)23-21-24;25-24-20-18-23(19-21-24)17-15-13-11-9-7-5-3-1-2-4-6-8-10-12-14-16-22-26;1-2-21-18(20)16-14-12-10-8-6-4-3-5-7-9-11-13-15-17-19;1-2-3-4-5-6-7-8-9-10-11-12-15-13-14-16(17)18-15;1-2-3-8-4-6-9(10)7-5-8;1-4(2)3;1-2-3;;/h20-23H,2-19H2,1H3;18-21,26H,1-17,22H2;2-17H2,1H3;15H,2-14H2,1H3;4-7H,1-3H2;4H,1-2H3;3H,2H2,1H3;1H;/q;;;;-1;;;;+2/p-1. The van der Waals surface area contributed by atoms with Crippen LogP contribution >= 0.6 is 126 Å². The van der Waals surface area contributed by atoms with Crippen LogP contribution in [-0.2, 0) is 64.2 Å². The number of hydrogen-bond donors (Lipinski definition) is 2. The number of halogens is 6. The minimum absolute atomic E-state index is 0.00655. The second-order valence-corrected chi connectivity index (χ2v) is 45.3. The van der Waals surface area contributed by atoms with Gasteiger partial charge in [0, 0.05) is 43.2 Å². The van der Waals surface area contributed by atoms with Gasteiger partial charge in [-0.1, -0.05) is 393 Å². The SMILES string of the molecule is CCCCCCCCCCCCC1CCC(=O)O1.CCO.CCOC(=O)CCCCCCCCCCCCCCCCCc1ccc(I)cc1.CCOC(=O)CCCCCCCCCCCCCCCI.C[SiH](C)I.OCCCCCCCCCCCCCCCCCCc1ccc(I)cc1.[CH2-]CCc1ccc(I)cc1.[Zn+][Br]. The van der Waals surface area contributed by atoms with E-state index in [4.69, 9.17) is 24.4 Å². The van der Waals surface area contributed by atoms with Gasteiger partial charge in [-0.15, -0.1) is 21.8 Å². The summed E-state index contributed by atoms with van der Waals surface area (Å²) in [7, 11) is 0. The molecule has 16 heteroatoms. The van der Waals surface area contributed by atoms with Gasteiger partial charge in [-0.25, -0.2) is 0 Å². The van der Waals surface area contributed by atoms with Crippen molar-refractivity contribution < 1.29 is 55.1 Å². The number of esters is 3. The number of aryl methyl sites for hydroxylation is 3. The molecule has 1 aliphatic rings. The van der Waals surface area contributed by atoms with E-state index in [1.54, 1.807) is 6.92 Å². The quantitative estimate of drug-likeness (QED) is 0.00838. The number of benzene rings is 3. The molecule has 1 heterocycles. The van der Waals surface area contributed by atoms with E-state index in [1.807, 2.05) is 13.8 Å². The molecule has 0 saturated carbocycles. The van der Waals surface area contributed by atoms with Gasteiger partial charge in [0.1, 0.15) is 12.4 Å². The molecule has 4 rings (SSSR count). The van der Waals surface area contributed by atoms with Crippen molar-refractivity contribution in [2.45, 2.75) is 451 Å². The first kappa shape index (κ1) is 120. The van der Waals surface area contributed by atoms with Crippen LogP contribution in [-0.4, -0.2) is 71.4 Å². The molecule has 0 aromatic heterocycles. The molecule has 3 aromatic carbocycles. The van der Waals surface area contributed by atoms with Crippen LogP contribution < -0.4 is 0 Å². The van der Waals surface area contributed by atoms with Crippen molar-refractivity contribution in [1.29, 1.82) is 0 Å². The first-order valence-corrected chi connectivity index (χ1v) is 64.6. The molecule has 0 radical (unpaired) electrons. The Morgan fingerprint density at radius 1 is 0.416 bits per heavy atom. The number of ether oxygens (including phenoxy) is 3. The third kappa shape index (κ3) is 103. The van der Waals surface area contributed by atoms with Crippen LogP contribution in [0.25, 0.3) is 0 Å². The topological polar surface area (TPSA) is 119 Å². The summed E-state index contributed by atoms with van der Waals surface area (Å²) in [6, 6.07) is 26.5. The van der Waals surface area contributed by atoms with Gasteiger partial charge in [0.05, 0.1) is 13.2 Å². The number of rotatable bonds is 66. The average Bonchev–Trinajstić information content (AvgIpc) is 1.83. The average molecular weight is 2270 g/mol.